The molecule has 0 bridgehead atoms. The minimum absolute atomic E-state index is 0.438. The monoisotopic (exact) mass is 271 g/mol. The van der Waals surface area contributed by atoms with Crippen molar-refractivity contribution >= 4 is 17.4 Å². The SMILES string of the molecule is CC(C)Sc1nnc2ccc(-c3ccccn3)nn12. The van der Waals surface area contributed by atoms with E-state index in [0.717, 1.165) is 22.2 Å². The molecule has 0 aliphatic heterocycles. The molecule has 0 fully saturated rings. The van der Waals surface area contributed by atoms with Crippen LogP contribution in [0.4, 0.5) is 0 Å². The second kappa shape index (κ2) is 4.97. The molecule has 0 saturated carbocycles. The molecule has 3 heterocycles. The molecule has 0 spiro atoms. The Balaban J connectivity index is 2.09. The predicted octanol–water partition coefficient (Wildman–Crippen LogP) is 2.69. The van der Waals surface area contributed by atoms with Gasteiger partial charge in [0.25, 0.3) is 0 Å². The van der Waals surface area contributed by atoms with Crippen molar-refractivity contribution in [2.24, 2.45) is 0 Å². The third-order valence-corrected chi connectivity index (χ3v) is 3.44. The van der Waals surface area contributed by atoms with Crippen LogP contribution >= 0.6 is 11.8 Å². The topological polar surface area (TPSA) is 56.0 Å². The number of rotatable bonds is 3. The maximum Gasteiger partial charge on any atom is 0.212 e. The first kappa shape index (κ1) is 12.1. The van der Waals surface area contributed by atoms with Gasteiger partial charge in [-0.3, -0.25) is 4.98 Å². The van der Waals surface area contributed by atoms with Crippen molar-refractivity contribution in [2.45, 2.75) is 24.3 Å². The number of nitrogens with zero attached hydrogens (tertiary/aromatic N) is 5. The summed E-state index contributed by atoms with van der Waals surface area (Å²) in [4.78, 5) is 4.31. The van der Waals surface area contributed by atoms with Crippen LogP contribution < -0.4 is 0 Å². The van der Waals surface area contributed by atoms with Crippen molar-refractivity contribution in [3.8, 4) is 11.4 Å². The van der Waals surface area contributed by atoms with Gasteiger partial charge in [0, 0.05) is 11.4 Å². The van der Waals surface area contributed by atoms with Crippen LogP contribution in [0.5, 0.6) is 0 Å². The van der Waals surface area contributed by atoms with Gasteiger partial charge >= 0.3 is 0 Å². The summed E-state index contributed by atoms with van der Waals surface area (Å²) in [6.07, 6.45) is 1.76. The molecule has 19 heavy (non-hydrogen) atoms. The van der Waals surface area contributed by atoms with E-state index in [1.54, 1.807) is 22.5 Å². The van der Waals surface area contributed by atoms with Crippen LogP contribution in [-0.4, -0.2) is 30.0 Å². The molecule has 3 aromatic rings. The molecular weight excluding hydrogens is 258 g/mol. The minimum Gasteiger partial charge on any atom is -0.255 e. The highest BCUT2D eigenvalue weighted by Gasteiger charge is 2.10. The lowest BCUT2D eigenvalue weighted by molar-refractivity contribution is 0.808. The molecule has 0 N–H and O–H groups in total. The fraction of sp³-hybridized carbons (Fsp3) is 0.231. The lowest BCUT2D eigenvalue weighted by atomic mass is 10.2. The Labute approximate surface area is 115 Å². The molecule has 0 aliphatic carbocycles. The number of fused-ring (bicyclic) bond motifs is 1. The van der Waals surface area contributed by atoms with E-state index < -0.39 is 0 Å². The average Bonchev–Trinajstić information content (AvgIpc) is 2.82. The maximum atomic E-state index is 4.57. The average molecular weight is 271 g/mol. The third-order valence-electron chi connectivity index (χ3n) is 2.50. The van der Waals surface area contributed by atoms with Gasteiger partial charge < -0.3 is 0 Å². The van der Waals surface area contributed by atoms with Crippen molar-refractivity contribution in [2.75, 3.05) is 0 Å². The van der Waals surface area contributed by atoms with Crippen molar-refractivity contribution in [1.82, 2.24) is 24.8 Å². The maximum absolute atomic E-state index is 4.57. The summed E-state index contributed by atoms with van der Waals surface area (Å²) >= 11 is 1.64. The number of aromatic nitrogens is 5. The molecule has 6 heteroatoms. The molecule has 96 valence electrons. The quantitative estimate of drug-likeness (QED) is 0.685. The van der Waals surface area contributed by atoms with Gasteiger partial charge in [0.1, 0.15) is 5.69 Å². The molecule has 0 aromatic carbocycles. The smallest absolute Gasteiger partial charge is 0.212 e. The Hall–Kier alpha value is -1.95. The summed E-state index contributed by atoms with van der Waals surface area (Å²) in [5.41, 5.74) is 2.42. The highest BCUT2D eigenvalue weighted by atomic mass is 32.2. The summed E-state index contributed by atoms with van der Waals surface area (Å²) in [6, 6.07) is 9.60. The summed E-state index contributed by atoms with van der Waals surface area (Å²) in [5.74, 6) is 0. The largest absolute Gasteiger partial charge is 0.255 e. The van der Waals surface area contributed by atoms with Gasteiger partial charge in [-0.1, -0.05) is 31.7 Å². The number of hydrogen-bond acceptors (Lipinski definition) is 5. The highest BCUT2D eigenvalue weighted by molar-refractivity contribution is 7.99. The standard InChI is InChI=1S/C13H13N5S/c1-9(2)19-13-16-15-12-7-6-11(17-18(12)13)10-5-3-4-8-14-10/h3-9H,1-2H3. The van der Waals surface area contributed by atoms with Crippen LogP contribution in [-0.2, 0) is 0 Å². The first-order valence-electron chi connectivity index (χ1n) is 6.04. The van der Waals surface area contributed by atoms with Crippen LogP contribution in [0.3, 0.4) is 0 Å². The second-order valence-electron chi connectivity index (χ2n) is 4.35. The Morgan fingerprint density at radius 2 is 1.95 bits per heavy atom. The van der Waals surface area contributed by atoms with Gasteiger partial charge in [0.05, 0.1) is 5.69 Å². The van der Waals surface area contributed by atoms with E-state index in [1.165, 1.54) is 0 Å². The van der Waals surface area contributed by atoms with E-state index in [-0.39, 0.29) is 0 Å². The molecule has 0 atom stereocenters. The molecule has 0 aliphatic rings. The van der Waals surface area contributed by atoms with E-state index >= 15 is 0 Å². The van der Waals surface area contributed by atoms with Gasteiger partial charge in [-0.05, 0) is 24.3 Å². The second-order valence-corrected chi connectivity index (χ2v) is 5.90. The summed E-state index contributed by atoms with van der Waals surface area (Å²) in [5, 5.41) is 14.1. The normalized spacial score (nSPS) is 11.3. The molecule has 0 unspecified atom stereocenters. The van der Waals surface area contributed by atoms with Gasteiger partial charge in [0.2, 0.25) is 5.16 Å². The molecule has 3 aromatic heterocycles. The molecular formula is C13H13N5S. The Bertz CT molecular complexity index is 693. The summed E-state index contributed by atoms with van der Waals surface area (Å²) in [6.45, 7) is 4.24. The van der Waals surface area contributed by atoms with Crippen LogP contribution in [0.1, 0.15) is 13.8 Å². The molecule has 5 nitrogen and oxygen atoms in total. The Kier molecular flexibility index (Phi) is 3.16. The van der Waals surface area contributed by atoms with Crippen molar-refractivity contribution in [3.05, 3.63) is 36.5 Å². The fourth-order valence-electron chi connectivity index (χ4n) is 1.70. The van der Waals surface area contributed by atoms with Gasteiger partial charge in [-0.2, -0.15) is 9.61 Å². The predicted molar refractivity (Wildman–Crippen MR) is 75.0 cm³/mol. The lowest BCUT2D eigenvalue weighted by Crippen LogP contribution is -1.99. The third kappa shape index (κ3) is 2.44. The van der Waals surface area contributed by atoms with Crippen LogP contribution in [0.15, 0.2) is 41.7 Å². The number of pyridine rings is 1. The van der Waals surface area contributed by atoms with Crippen molar-refractivity contribution < 1.29 is 0 Å². The highest BCUT2D eigenvalue weighted by Crippen LogP contribution is 2.22. The Morgan fingerprint density at radius 1 is 1.05 bits per heavy atom. The van der Waals surface area contributed by atoms with Crippen LogP contribution in [0.2, 0.25) is 0 Å². The number of thioether (sulfide) groups is 1. The van der Waals surface area contributed by atoms with Crippen LogP contribution in [0, 0.1) is 0 Å². The van der Waals surface area contributed by atoms with E-state index in [9.17, 15) is 0 Å². The van der Waals surface area contributed by atoms with Gasteiger partial charge in [0.15, 0.2) is 5.65 Å². The van der Waals surface area contributed by atoms with Crippen LogP contribution in [0.25, 0.3) is 17.0 Å². The van der Waals surface area contributed by atoms with Crippen molar-refractivity contribution in [1.29, 1.82) is 0 Å². The first-order chi connectivity index (χ1) is 9.24. The van der Waals surface area contributed by atoms with Crippen molar-refractivity contribution in [3.63, 3.8) is 0 Å². The molecule has 0 radical (unpaired) electrons. The zero-order chi connectivity index (χ0) is 13.2. The Morgan fingerprint density at radius 3 is 2.68 bits per heavy atom. The van der Waals surface area contributed by atoms with Gasteiger partial charge in [-0.15, -0.1) is 10.2 Å². The lowest BCUT2D eigenvalue weighted by Gasteiger charge is -2.03. The molecule has 0 saturated heterocycles. The van der Waals surface area contributed by atoms with Gasteiger partial charge in [-0.25, -0.2) is 0 Å². The zero-order valence-corrected chi connectivity index (χ0v) is 11.5. The molecule has 3 rings (SSSR count). The van der Waals surface area contributed by atoms with E-state index in [2.05, 4.69) is 34.1 Å². The molecule has 0 amide bonds. The van der Waals surface area contributed by atoms with E-state index in [1.807, 2.05) is 30.3 Å². The fourth-order valence-corrected chi connectivity index (χ4v) is 2.45. The number of hydrogen-bond donors (Lipinski definition) is 0. The first-order valence-corrected chi connectivity index (χ1v) is 6.92. The summed E-state index contributed by atoms with van der Waals surface area (Å²) < 4.78 is 1.77. The van der Waals surface area contributed by atoms with E-state index in [4.69, 9.17) is 0 Å². The minimum atomic E-state index is 0.438. The summed E-state index contributed by atoms with van der Waals surface area (Å²) in [7, 11) is 0. The van der Waals surface area contributed by atoms with E-state index in [0.29, 0.717) is 5.25 Å². The zero-order valence-electron chi connectivity index (χ0n) is 10.7.